The number of aliphatic carboxylic acids is 1. The van der Waals surface area contributed by atoms with Crippen LogP contribution in [-0.2, 0) is 43.5 Å². The van der Waals surface area contributed by atoms with Crippen LogP contribution in [0, 0.1) is 5.41 Å². The first-order chi connectivity index (χ1) is 31.7. The van der Waals surface area contributed by atoms with E-state index in [1.165, 1.54) is 24.3 Å². The van der Waals surface area contributed by atoms with Crippen molar-refractivity contribution in [2.75, 3.05) is 6.61 Å². The number of benzene rings is 4. The van der Waals surface area contributed by atoms with Crippen molar-refractivity contribution < 1.29 is 64.4 Å². The van der Waals surface area contributed by atoms with Gasteiger partial charge in [-0.05, 0) is 118 Å². The first-order valence-electron chi connectivity index (χ1n) is 20.6. The summed E-state index contributed by atoms with van der Waals surface area (Å²) in [5.41, 5.74) is 3.43. The third kappa shape index (κ3) is 31.6. The number of aromatic carboxylic acids is 1. The zero-order valence-electron chi connectivity index (χ0n) is 40.8. The number of rotatable bonds is 12. The Morgan fingerprint density at radius 2 is 0.826 bits per heavy atom. The van der Waals surface area contributed by atoms with E-state index in [9.17, 15) is 36.0 Å². The van der Waals surface area contributed by atoms with Gasteiger partial charge in [-0.2, -0.15) is 16.8 Å². The van der Waals surface area contributed by atoms with Crippen molar-refractivity contribution in [1.29, 1.82) is 0 Å². The van der Waals surface area contributed by atoms with Gasteiger partial charge in [0, 0.05) is 12.2 Å². The number of ether oxygens (including phenoxy) is 2. The largest absolute Gasteiger partial charge is 0.478 e. The Bertz CT molecular complexity index is 2540. The first-order valence-corrected chi connectivity index (χ1v) is 23.5. The molecule has 4 rings (SSSR count). The fourth-order valence-electron chi connectivity index (χ4n) is 4.07. The number of hydrogen-bond acceptors (Lipinski definition) is 11. The standard InChI is InChI=1S/C13H18O3S.C13H16O2.C9H8O2.C8H8O3S.C7H12O2.C3H4O2/c1-5-11-6-8-12(9-7-11)17(14,15)16-10-13(2,3)4;1-5-10-6-8-11(9-7-10)12(14)15-13(2,3)4;1-2-7-3-5-8(6-4-7)9(10)11;1-2-7-3-5-8(6-4-7)12(9,10)11;1-5-6(8)9-7(2,3)4;1-2-3(4)5/h5-9H,1,10H2,2-4H3;5-9H,1H2,2-4H3;2-6H,1H2,(H,10,11);2-6H,1H2,(H,9,10,11);5H,1H2,2-4H3;2H,1H2,(H,4,5). The van der Waals surface area contributed by atoms with Crippen LogP contribution in [0.5, 0.6) is 0 Å². The molecule has 69 heavy (non-hydrogen) atoms. The number of carbonyl (C=O) groups excluding carboxylic acids is 2. The maximum absolute atomic E-state index is 11.8. The Balaban J connectivity index is 0. The summed E-state index contributed by atoms with van der Waals surface area (Å²) in [6.07, 6.45) is 8.65. The van der Waals surface area contributed by atoms with E-state index in [4.69, 9.17) is 28.4 Å². The summed E-state index contributed by atoms with van der Waals surface area (Å²) in [6, 6.07) is 25.9. The maximum atomic E-state index is 11.8. The third-order valence-electron chi connectivity index (χ3n) is 7.39. The minimum Gasteiger partial charge on any atom is -0.478 e. The number of carboxylic acids is 2. The fourth-order valence-corrected chi connectivity index (χ4v) is 5.66. The molecule has 4 aromatic rings. The predicted molar refractivity (Wildman–Crippen MR) is 275 cm³/mol. The van der Waals surface area contributed by atoms with E-state index < -0.39 is 43.4 Å². The summed E-state index contributed by atoms with van der Waals surface area (Å²) in [5, 5.41) is 16.1. The number of esters is 2. The van der Waals surface area contributed by atoms with Gasteiger partial charge in [-0.1, -0.05) is 133 Å². The molecule has 0 unspecified atom stereocenters. The SMILES string of the molecule is C=CC(=O)O.C=CC(=O)OC(C)(C)C.C=Cc1ccc(C(=O)O)cc1.C=Cc1ccc(C(=O)OC(C)(C)C)cc1.C=Cc1ccc(S(=O)(=O)O)cc1.C=Cc1ccc(S(=O)(=O)OCC(C)(C)C)cc1. The minimum atomic E-state index is -4.06. The summed E-state index contributed by atoms with van der Waals surface area (Å²) in [6.45, 7) is 37.5. The Morgan fingerprint density at radius 3 is 1.07 bits per heavy atom. The van der Waals surface area contributed by atoms with Gasteiger partial charge in [0.05, 0.1) is 27.5 Å². The molecule has 0 aliphatic rings. The highest BCUT2D eigenvalue weighted by atomic mass is 32.2. The molecule has 3 N–H and O–H groups in total. The highest BCUT2D eigenvalue weighted by molar-refractivity contribution is 7.86. The lowest BCUT2D eigenvalue weighted by atomic mass is 9.99. The second-order valence-electron chi connectivity index (χ2n) is 17.0. The van der Waals surface area contributed by atoms with Crippen LogP contribution in [0.1, 0.15) is 105 Å². The molecule has 0 fully saturated rings. The van der Waals surface area contributed by atoms with E-state index in [1.807, 2.05) is 74.4 Å². The molecule has 0 radical (unpaired) electrons. The van der Waals surface area contributed by atoms with Gasteiger partial charge in [0.25, 0.3) is 20.2 Å². The monoisotopic (exact) mass is 990 g/mol. The molecule has 4 aromatic carbocycles. The molecule has 0 aliphatic carbocycles. The molecule has 14 nitrogen and oxygen atoms in total. The summed E-state index contributed by atoms with van der Waals surface area (Å²) in [5.74, 6) is -2.55. The second-order valence-corrected chi connectivity index (χ2v) is 20.1. The van der Waals surface area contributed by atoms with Gasteiger partial charge in [-0.3, -0.25) is 8.74 Å². The molecular formula is C53H66O14S2. The highest BCUT2D eigenvalue weighted by Gasteiger charge is 2.20. The van der Waals surface area contributed by atoms with Crippen LogP contribution < -0.4 is 0 Å². The first kappa shape index (κ1) is 64.1. The third-order valence-corrected chi connectivity index (χ3v) is 9.53. The zero-order chi connectivity index (χ0) is 53.8. The summed E-state index contributed by atoms with van der Waals surface area (Å²) in [4.78, 5) is 41.8. The van der Waals surface area contributed by atoms with Crippen LogP contribution in [0.3, 0.4) is 0 Å². The fraction of sp³-hybridized carbons (Fsp3) is 0.245. The van der Waals surface area contributed by atoms with Gasteiger partial charge in [-0.25, -0.2) is 19.2 Å². The van der Waals surface area contributed by atoms with E-state index in [1.54, 1.807) is 85.0 Å². The lowest BCUT2D eigenvalue weighted by molar-refractivity contribution is -0.148. The molecule has 0 heterocycles. The molecule has 0 aliphatic heterocycles. The number of carbonyl (C=O) groups is 4. The van der Waals surface area contributed by atoms with E-state index in [2.05, 4.69) is 39.5 Å². The Morgan fingerprint density at radius 1 is 0.507 bits per heavy atom. The molecule has 0 spiro atoms. The summed E-state index contributed by atoms with van der Waals surface area (Å²) < 4.78 is 68.4. The molecule has 374 valence electrons. The molecule has 0 amide bonds. The van der Waals surface area contributed by atoms with Gasteiger partial charge in [0.15, 0.2) is 0 Å². The topological polar surface area (TPSA) is 225 Å². The molecule has 0 saturated heterocycles. The highest BCUT2D eigenvalue weighted by Crippen LogP contribution is 2.20. The normalized spacial score (nSPS) is 10.6. The maximum Gasteiger partial charge on any atom is 0.338 e. The number of carboxylic acid groups (broad SMARTS) is 2. The van der Waals surface area contributed by atoms with Crippen LogP contribution in [-0.4, -0.2) is 73.3 Å². The average molecular weight is 991 g/mol. The van der Waals surface area contributed by atoms with E-state index in [-0.39, 0.29) is 33.8 Å². The quantitative estimate of drug-likeness (QED) is 0.0520. The van der Waals surface area contributed by atoms with Crippen LogP contribution in [0.4, 0.5) is 0 Å². The van der Waals surface area contributed by atoms with Crippen molar-refractivity contribution in [2.24, 2.45) is 5.41 Å². The van der Waals surface area contributed by atoms with Crippen LogP contribution in [0.25, 0.3) is 24.3 Å². The van der Waals surface area contributed by atoms with Crippen molar-refractivity contribution in [3.63, 3.8) is 0 Å². The lowest BCUT2D eigenvalue weighted by Crippen LogP contribution is -2.23. The molecular weight excluding hydrogens is 925 g/mol. The van der Waals surface area contributed by atoms with Crippen molar-refractivity contribution >= 4 is 68.4 Å². The van der Waals surface area contributed by atoms with Crippen molar-refractivity contribution in [2.45, 2.75) is 83.3 Å². The molecule has 0 saturated carbocycles. The van der Waals surface area contributed by atoms with E-state index in [0.29, 0.717) is 11.1 Å². The van der Waals surface area contributed by atoms with Crippen LogP contribution >= 0.6 is 0 Å². The summed E-state index contributed by atoms with van der Waals surface area (Å²) in [7, 11) is -7.71. The Labute approximate surface area is 408 Å². The van der Waals surface area contributed by atoms with Gasteiger partial charge in [-0.15, -0.1) is 0 Å². The van der Waals surface area contributed by atoms with Gasteiger partial charge < -0.3 is 19.7 Å². The predicted octanol–water partition coefficient (Wildman–Crippen LogP) is 11.7. The second kappa shape index (κ2) is 30.4. The van der Waals surface area contributed by atoms with Crippen LogP contribution in [0.2, 0.25) is 0 Å². The van der Waals surface area contributed by atoms with Crippen LogP contribution in [0.15, 0.2) is 158 Å². The Hall–Kier alpha value is -6.98. The minimum absolute atomic E-state index is 0.104. The average Bonchev–Trinajstić information content (AvgIpc) is 3.27. The molecule has 0 atom stereocenters. The van der Waals surface area contributed by atoms with Gasteiger partial charge in [0.2, 0.25) is 0 Å². The van der Waals surface area contributed by atoms with Gasteiger partial charge in [0.1, 0.15) is 11.2 Å². The molecule has 16 heteroatoms. The van der Waals surface area contributed by atoms with Crippen molar-refractivity contribution in [3.8, 4) is 0 Å². The lowest BCUT2D eigenvalue weighted by Gasteiger charge is -2.19. The van der Waals surface area contributed by atoms with Crippen molar-refractivity contribution in [3.05, 3.63) is 182 Å². The van der Waals surface area contributed by atoms with E-state index in [0.717, 1.165) is 34.4 Å². The molecule has 0 aromatic heterocycles. The van der Waals surface area contributed by atoms with E-state index >= 15 is 0 Å². The summed E-state index contributed by atoms with van der Waals surface area (Å²) >= 11 is 0. The smallest absolute Gasteiger partial charge is 0.338 e. The molecule has 0 bridgehead atoms. The number of hydrogen-bond donors (Lipinski definition) is 3. The van der Waals surface area contributed by atoms with Gasteiger partial charge >= 0.3 is 23.9 Å². The van der Waals surface area contributed by atoms with Crippen molar-refractivity contribution in [1.82, 2.24) is 0 Å². The zero-order valence-corrected chi connectivity index (χ0v) is 42.4. The Kier molecular flexibility index (Phi) is 28.3.